The molecule has 1 fully saturated rings. The first kappa shape index (κ1) is 23.1. The number of nitrogens with zero attached hydrogens (tertiary/aromatic N) is 4. The second-order valence-electron chi connectivity index (χ2n) is 8.13. The van der Waals surface area contributed by atoms with E-state index in [0.29, 0.717) is 23.4 Å². The summed E-state index contributed by atoms with van der Waals surface area (Å²) in [4.78, 5) is 25.9. The summed E-state index contributed by atoms with van der Waals surface area (Å²) < 4.78 is 37.8. The Morgan fingerprint density at radius 2 is 1.97 bits per heavy atom. The maximum absolute atomic E-state index is 13.1. The Morgan fingerprint density at radius 1 is 1.23 bits per heavy atom. The van der Waals surface area contributed by atoms with Crippen LogP contribution in [0.1, 0.15) is 29.7 Å². The Morgan fingerprint density at radius 3 is 2.63 bits per heavy atom. The SMILES string of the molecule is C[C@H]1OCC[C@H]1n1cnc2cc(C(=O)Nc3ccc(OC(F)(F)Cl)cc3)cc(-c3cncnc3)c21. The van der Waals surface area contributed by atoms with Crippen molar-refractivity contribution >= 4 is 34.2 Å². The fraction of sp³-hybridized carbons (Fsp3) is 0.250. The van der Waals surface area contributed by atoms with E-state index in [1.54, 1.807) is 30.9 Å². The number of fused-ring (bicyclic) bond motifs is 1. The van der Waals surface area contributed by atoms with E-state index in [9.17, 15) is 13.6 Å². The van der Waals surface area contributed by atoms with Crippen molar-refractivity contribution < 1.29 is 23.0 Å². The molecule has 5 rings (SSSR count). The van der Waals surface area contributed by atoms with Gasteiger partial charge in [0.2, 0.25) is 0 Å². The van der Waals surface area contributed by atoms with Crippen molar-refractivity contribution in [1.29, 1.82) is 0 Å². The number of benzene rings is 2. The van der Waals surface area contributed by atoms with Gasteiger partial charge in [0, 0.05) is 53.0 Å². The highest BCUT2D eigenvalue weighted by Crippen LogP contribution is 2.35. The number of ether oxygens (including phenoxy) is 2. The van der Waals surface area contributed by atoms with E-state index in [1.807, 2.05) is 6.92 Å². The van der Waals surface area contributed by atoms with Gasteiger partial charge in [-0.3, -0.25) is 4.79 Å². The number of anilines is 1. The van der Waals surface area contributed by atoms with Crippen molar-refractivity contribution in [2.24, 2.45) is 0 Å². The molecule has 11 heteroatoms. The minimum atomic E-state index is -3.82. The molecule has 180 valence electrons. The van der Waals surface area contributed by atoms with E-state index in [1.165, 1.54) is 30.6 Å². The third-order valence-corrected chi connectivity index (χ3v) is 5.92. The fourth-order valence-corrected chi connectivity index (χ4v) is 4.33. The van der Waals surface area contributed by atoms with Gasteiger partial charge in [-0.2, -0.15) is 0 Å². The van der Waals surface area contributed by atoms with Crippen LogP contribution in [0.25, 0.3) is 22.2 Å². The highest BCUT2D eigenvalue weighted by molar-refractivity contribution is 6.20. The normalized spacial score (nSPS) is 18.1. The van der Waals surface area contributed by atoms with E-state index in [-0.39, 0.29) is 17.9 Å². The molecule has 0 unspecified atom stereocenters. The van der Waals surface area contributed by atoms with E-state index in [4.69, 9.17) is 16.3 Å². The first-order valence-electron chi connectivity index (χ1n) is 10.8. The number of hydrogen-bond acceptors (Lipinski definition) is 6. The molecule has 0 aliphatic carbocycles. The van der Waals surface area contributed by atoms with E-state index >= 15 is 0 Å². The molecule has 3 heterocycles. The van der Waals surface area contributed by atoms with Gasteiger partial charge in [0.15, 0.2) is 0 Å². The number of rotatable bonds is 6. The second-order valence-corrected chi connectivity index (χ2v) is 8.57. The standard InChI is InChI=1S/C24H20ClF2N5O3/c1-14-21(6-7-34-14)32-13-30-20-9-15(8-19(22(20)32)16-10-28-12-29-11-16)23(33)31-17-2-4-18(5-3-17)35-24(25,26)27/h2-5,8-14,21H,6-7H2,1H3,(H,31,33)/t14-,21-/m1/s1. The summed E-state index contributed by atoms with van der Waals surface area (Å²) in [5, 5.41) is 2.76. The van der Waals surface area contributed by atoms with Crippen LogP contribution in [0.5, 0.6) is 5.75 Å². The van der Waals surface area contributed by atoms with Crippen LogP contribution < -0.4 is 10.1 Å². The van der Waals surface area contributed by atoms with Gasteiger partial charge >= 0.3 is 5.57 Å². The molecule has 1 aliphatic heterocycles. The number of halogens is 3. The van der Waals surface area contributed by atoms with Gasteiger partial charge in [0.25, 0.3) is 5.91 Å². The summed E-state index contributed by atoms with van der Waals surface area (Å²) in [7, 11) is 0. The number of carbonyl (C=O) groups excluding carboxylic acids is 1. The van der Waals surface area contributed by atoms with Crippen LogP contribution >= 0.6 is 11.6 Å². The van der Waals surface area contributed by atoms with Crippen LogP contribution in [0.15, 0.2) is 61.4 Å². The summed E-state index contributed by atoms with van der Waals surface area (Å²) in [6.07, 6.45) is 7.45. The molecule has 0 radical (unpaired) electrons. The number of carbonyl (C=O) groups is 1. The number of alkyl halides is 3. The fourth-order valence-electron chi connectivity index (χ4n) is 4.24. The maximum Gasteiger partial charge on any atom is 0.487 e. The molecule has 0 bridgehead atoms. The number of amides is 1. The molecule has 4 aromatic rings. The van der Waals surface area contributed by atoms with Crippen molar-refractivity contribution in [3.8, 4) is 16.9 Å². The van der Waals surface area contributed by atoms with Crippen molar-refractivity contribution in [3.63, 3.8) is 0 Å². The van der Waals surface area contributed by atoms with Crippen molar-refractivity contribution in [2.45, 2.75) is 31.1 Å². The predicted octanol–water partition coefficient (Wildman–Crippen LogP) is 5.26. The zero-order chi connectivity index (χ0) is 24.6. The summed E-state index contributed by atoms with van der Waals surface area (Å²) >= 11 is 4.79. The molecule has 8 nitrogen and oxygen atoms in total. The maximum atomic E-state index is 13.1. The Balaban J connectivity index is 1.50. The summed E-state index contributed by atoms with van der Waals surface area (Å²) in [6.45, 7) is 2.70. The Bertz CT molecular complexity index is 1360. The summed E-state index contributed by atoms with van der Waals surface area (Å²) in [5.74, 6) is -0.528. The predicted molar refractivity (Wildman–Crippen MR) is 126 cm³/mol. The molecule has 0 spiro atoms. The Hall–Kier alpha value is -3.63. The highest BCUT2D eigenvalue weighted by atomic mass is 35.5. The van der Waals surface area contributed by atoms with Gasteiger partial charge in [-0.15, -0.1) is 8.78 Å². The molecule has 2 atom stereocenters. The van der Waals surface area contributed by atoms with Crippen molar-refractivity contribution in [3.05, 3.63) is 67.0 Å². The molecule has 0 saturated carbocycles. The van der Waals surface area contributed by atoms with Crippen LogP contribution in [-0.4, -0.2) is 43.7 Å². The van der Waals surface area contributed by atoms with Gasteiger partial charge < -0.3 is 19.4 Å². The number of hydrogen-bond donors (Lipinski definition) is 1. The number of imidazole rings is 1. The lowest BCUT2D eigenvalue weighted by Crippen LogP contribution is -2.17. The molecule has 35 heavy (non-hydrogen) atoms. The topological polar surface area (TPSA) is 91.2 Å². The minimum absolute atomic E-state index is 0.0287. The number of nitrogens with one attached hydrogen (secondary N) is 1. The molecule has 1 saturated heterocycles. The van der Waals surface area contributed by atoms with Gasteiger partial charge in [0.1, 0.15) is 12.1 Å². The molecule has 1 amide bonds. The molecular weight excluding hydrogens is 480 g/mol. The molecule has 1 N–H and O–H groups in total. The zero-order valence-electron chi connectivity index (χ0n) is 18.5. The Labute approximate surface area is 203 Å². The van der Waals surface area contributed by atoms with Gasteiger partial charge in [-0.25, -0.2) is 15.0 Å². The highest BCUT2D eigenvalue weighted by Gasteiger charge is 2.29. The Kier molecular flexibility index (Phi) is 6.08. The quantitative estimate of drug-likeness (QED) is 0.364. The average Bonchev–Trinajstić information content (AvgIpc) is 3.45. The lowest BCUT2D eigenvalue weighted by Gasteiger charge is -2.18. The van der Waals surface area contributed by atoms with Gasteiger partial charge in [-0.1, -0.05) is 0 Å². The third kappa shape index (κ3) is 4.94. The smallest absolute Gasteiger partial charge is 0.420 e. The first-order chi connectivity index (χ1) is 16.8. The molecular formula is C24H20ClF2N5O3. The summed E-state index contributed by atoms with van der Waals surface area (Å²) in [6, 6.07) is 9.04. The van der Waals surface area contributed by atoms with E-state index < -0.39 is 11.5 Å². The van der Waals surface area contributed by atoms with Gasteiger partial charge in [-0.05, 0) is 49.7 Å². The largest absolute Gasteiger partial charge is 0.487 e. The lowest BCUT2D eigenvalue weighted by atomic mass is 10.0. The van der Waals surface area contributed by atoms with E-state index in [2.05, 4.69) is 29.6 Å². The first-order valence-corrected chi connectivity index (χ1v) is 11.2. The number of aromatic nitrogens is 4. The van der Waals surface area contributed by atoms with Crippen LogP contribution in [0, 0.1) is 0 Å². The molecule has 2 aromatic carbocycles. The van der Waals surface area contributed by atoms with Crippen LogP contribution in [0.3, 0.4) is 0 Å². The minimum Gasteiger partial charge on any atom is -0.420 e. The van der Waals surface area contributed by atoms with Crippen molar-refractivity contribution in [1.82, 2.24) is 19.5 Å². The van der Waals surface area contributed by atoms with Crippen LogP contribution in [0.2, 0.25) is 0 Å². The van der Waals surface area contributed by atoms with Crippen LogP contribution in [0.4, 0.5) is 14.5 Å². The molecule has 2 aromatic heterocycles. The van der Waals surface area contributed by atoms with Crippen LogP contribution in [-0.2, 0) is 4.74 Å². The van der Waals surface area contributed by atoms with E-state index in [0.717, 1.165) is 23.1 Å². The average molecular weight is 500 g/mol. The third-order valence-electron chi connectivity index (χ3n) is 5.84. The molecule has 1 aliphatic rings. The van der Waals surface area contributed by atoms with Crippen molar-refractivity contribution in [2.75, 3.05) is 11.9 Å². The lowest BCUT2D eigenvalue weighted by molar-refractivity contribution is -0.0964. The van der Waals surface area contributed by atoms with Gasteiger partial charge in [0.05, 0.1) is 29.5 Å². The monoisotopic (exact) mass is 499 g/mol. The zero-order valence-corrected chi connectivity index (χ0v) is 19.2. The second kappa shape index (κ2) is 9.20. The summed E-state index contributed by atoms with van der Waals surface area (Å²) in [5.41, 5.74) is -0.0473.